The third-order valence-electron chi connectivity index (χ3n) is 6.89. The molecule has 3 aliphatic heterocycles. The van der Waals surface area contributed by atoms with Gasteiger partial charge in [0, 0.05) is 51.3 Å². The topological polar surface area (TPSA) is 117 Å². The Balaban J connectivity index is 1.26. The van der Waals surface area contributed by atoms with Crippen molar-refractivity contribution in [1.29, 1.82) is 5.26 Å². The molecular weight excluding hydrogens is 453 g/mol. The normalized spacial score (nSPS) is 20.6. The number of halogens is 1. The van der Waals surface area contributed by atoms with Crippen molar-refractivity contribution in [3.8, 4) is 11.8 Å². The summed E-state index contributed by atoms with van der Waals surface area (Å²) >= 11 is 0. The number of anilines is 1. The minimum atomic E-state index is -0.732. The van der Waals surface area contributed by atoms with Gasteiger partial charge in [-0.15, -0.1) is 0 Å². The number of rotatable bonds is 4. The molecule has 35 heavy (non-hydrogen) atoms. The van der Waals surface area contributed by atoms with Crippen LogP contribution in [0.5, 0.6) is 5.75 Å². The first-order chi connectivity index (χ1) is 16.8. The van der Waals surface area contributed by atoms with Gasteiger partial charge >= 0.3 is 0 Å². The Bertz CT molecular complexity index is 1270. The van der Waals surface area contributed by atoms with Gasteiger partial charge in [0.2, 0.25) is 11.8 Å². The molecule has 0 aromatic heterocycles. The number of piperidine rings is 1. The van der Waals surface area contributed by atoms with Crippen LogP contribution in [0.15, 0.2) is 30.3 Å². The molecule has 1 unspecified atom stereocenters. The van der Waals surface area contributed by atoms with E-state index in [1.54, 1.807) is 18.2 Å². The van der Waals surface area contributed by atoms with Crippen LogP contribution in [0.4, 0.5) is 10.1 Å². The Morgan fingerprint density at radius 2 is 1.89 bits per heavy atom. The van der Waals surface area contributed by atoms with Gasteiger partial charge < -0.3 is 14.9 Å². The summed E-state index contributed by atoms with van der Waals surface area (Å²) in [5.74, 6) is -1.75. The van der Waals surface area contributed by atoms with Crippen LogP contribution in [0.1, 0.15) is 39.9 Å². The monoisotopic (exact) mass is 477 g/mol. The molecule has 2 aromatic rings. The van der Waals surface area contributed by atoms with Gasteiger partial charge in [-0.25, -0.2) is 4.39 Å². The summed E-state index contributed by atoms with van der Waals surface area (Å²) in [6.07, 6.45) is 0.432. The van der Waals surface area contributed by atoms with E-state index in [9.17, 15) is 19.5 Å². The molecule has 10 heteroatoms. The molecule has 2 N–H and O–H groups in total. The van der Waals surface area contributed by atoms with Crippen LogP contribution in [0, 0.1) is 17.1 Å². The van der Waals surface area contributed by atoms with Gasteiger partial charge in [0.25, 0.3) is 5.91 Å². The second-order valence-corrected chi connectivity index (χ2v) is 9.09. The molecule has 0 spiro atoms. The zero-order valence-corrected chi connectivity index (χ0v) is 19.0. The van der Waals surface area contributed by atoms with Crippen molar-refractivity contribution < 1.29 is 23.9 Å². The number of hydrogen-bond acceptors (Lipinski definition) is 7. The first-order valence-electron chi connectivity index (χ1n) is 11.5. The standard InChI is InChI=1S/C25H24FN5O4/c26-19-11-18-17(14-31(25(18)35)20-2-4-23(33)28-24(20)34)10-21(19)30-7-5-29(6-8-30)13-15-1-3-22(32)16(9-15)12-27/h1,3,9-11,20,32H,2,4-8,13-14H2,(H,28,33,34). The molecule has 0 aliphatic carbocycles. The first-order valence-corrected chi connectivity index (χ1v) is 11.5. The van der Waals surface area contributed by atoms with Crippen LogP contribution in [0.25, 0.3) is 0 Å². The Morgan fingerprint density at radius 3 is 2.60 bits per heavy atom. The summed E-state index contributed by atoms with van der Waals surface area (Å²) in [6, 6.07) is 9.17. The predicted molar refractivity (Wildman–Crippen MR) is 123 cm³/mol. The Labute approximate surface area is 201 Å². The molecule has 0 saturated carbocycles. The van der Waals surface area contributed by atoms with Crippen LogP contribution < -0.4 is 10.2 Å². The van der Waals surface area contributed by atoms with E-state index in [-0.39, 0.29) is 42.2 Å². The highest BCUT2D eigenvalue weighted by Crippen LogP contribution is 2.33. The molecule has 2 fully saturated rings. The summed E-state index contributed by atoms with van der Waals surface area (Å²) in [4.78, 5) is 42.1. The third-order valence-corrected chi connectivity index (χ3v) is 6.89. The maximum atomic E-state index is 15.1. The SMILES string of the molecule is N#Cc1cc(CN2CCN(c3cc4c(cc3F)C(=O)N(C3CCC(=O)NC3=O)C4)CC2)ccc1O. The summed E-state index contributed by atoms with van der Waals surface area (Å²) in [6.45, 7) is 3.36. The Hall–Kier alpha value is -3.97. The molecule has 2 aromatic carbocycles. The van der Waals surface area contributed by atoms with Crippen LogP contribution in [-0.2, 0) is 22.7 Å². The number of carbonyl (C=O) groups is 3. The second kappa shape index (κ2) is 9.00. The van der Waals surface area contributed by atoms with Crippen LogP contribution in [0.3, 0.4) is 0 Å². The number of nitrogens with zero attached hydrogens (tertiary/aromatic N) is 4. The number of aromatic hydroxyl groups is 1. The molecule has 0 bridgehead atoms. The van der Waals surface area contributed by atoms with E-state index in [0.29, 0.717) is 44.0 Å². The minimum Gasteiger partial charge on any atom is -0.507 e. The van der Waals surface area contributed by atoms with Gasteiger partial charge in [-0.3, -0.25) is 24.6 Å². The van der Waals surface area contributed by atoms with E-state index >= 15 is 4.39 Å². The minimum absolute atomic E-state index is 0.0391. The number of hydrogen-bond donors (Lipinski definition) is 2. The molecule has 3 aliphatic rings. The van der Waals surface area contributed by atoms with Crippen LogP contribution in [0.2, 0.25) is 0 Å². The fraction of sp³-hybridized carbons (Fsp3) is 0.360. The zero-order valence-electron chi connectivity index (χ0n) is 19.0. The van der Waals surface area contributed by atoms with E-state index in [2.05, 4.69) is 10.2 Å². The number of benzene rings is 2. The Kier molecular flexibility index (Phi) is 5.86. The summed E-state index contributed by atoms with van der Waals surface area (Å²) in [5.41, 5.74) is 2.52. The third kappa shape index (κ3) is 4.31. The molecule has 9 nitrogen and oxygen atoms in total. The van der Waals surface area contributed by atoms with Gasteiger partial charge in [-0.05, 0) is 41.8 Å². The zero-order chi connectivity index (χ0) is 24.7. The van der Waals surface area contributed by atoms with Gasteiger partial charge in [0.15, 0.2) is 0 Å². The highest BCUT2D eigenvalue weighted by molar-refractivity contribution is 6.05. The van der Waals surface area contributed by atoms with Crippen molar-refractivity contribution in [3.63, 3.8) is 0 Å². The number of phenolic OH excluding ortho intramolecular Hbond substituents is 1. The summed E-state index contributed by atoms with van der Waals surface area (Å²) < 4.78 is 15.1. The van der Waals surface area contributed by atoms with Crippen molar-refractivity contribution in [2.45, 2.75) is 32.0 Å². The number of fused-ring (bicyclic) bond motifs is 1. The van der Waals surface area contributed by atoms with Crippen molar-refractivity contribution in [2.24, 2.45) is 0 Å². The molecule has 5 rings (SSSR count). The average Bonchev–Trinajstić information content (AvgIpc) is 3.15. The predicted octanol–water partition coefficient (Wildman–Crippen LogP) is 1.49. The number of imide groups is 1. The largest absolute Gasteiger partial charge is 0.507 e. The highest BCUT2D eigenvalue weighted by Gasteiger charge is 2.40. The molecule has 3 heterocycles. The molecule has 2 saturated heterocycles. The average molecular weight is 477 g/mol. The lowest BCUT2D eigenvalue weighted by atomic mass is 10.0. The summed E-state index contributed by atoms with van der Waals surface area (Å²) in [5, 5.41) is 21.1. The molecule has 180 valence electrons. The smallest absolute Gasteiger partial charge is 0.255 e. The van der Waals surface area contributed by atoms with Crippen molar-refractivity contribution in [3.05, 3.63) is 58.4 Å². The van der Waals surface area contributed by atoms with Crippen molar-refractivity contribution in [1.82, 2.24) is 15.1 Å². The quantitative estimate of drug-likeness (QED) is 0.641. The number of amides is 3. The fourth-order valence-corrected chi connectivity index (χ4v) is 4.99. The summed E-state index contributed by atoms with van der Waals surface area (Å²) in [7, 11) is 0. The number of nitriles is 1. The van der Waals surface area contributed by atoms with Gasteiger partial charge in [0.1, 0.15) is 23.7 Å². The number of phenols is 1. The van der Waals surface area contributed by atoms with E-state index < -0.39 is 23.7 Å². The molecule has 0 radical (unpaired) electrons. The first kappa shape index (κ1) is 22.8. The van der Waals surface area contributed by atoms with E-state index in [0.717, 1.165) is 5.56 Å². The van der Waals surface area contributed by atoms with E-state index in [1.165, 1.54) is 17.0 Å². The molecule has 3 amide bonds. The maximum Gasteiger partial charge on any atom is 0.255 e. The van der Waals surface area contributed by atoms with E-state index in [4.69, 9.17) is 5.26 Å². The van der Waals surface area contributed by atoms with Crippen LogP contribution >= 0.6 is 0 Å². The fourth-order valence-electron chi connectivity index (χ4n) is 4.99. The van der Waals surface area contributed by atoms with Crippen molar-refractivity contribution >= 4 is 23.4 Å². The van der Waals surface area contributed by atoms with Gasteiger partial charge in [-0.1, -0.05) is 6.07 Å². The van der Waals surface area contributed by atoms with Crippen molar-refractivity contribution in [2.75, 3.05) is 31.1 Å². The maximum absolute atomic E-state index is 15.1. The lowest BCUT2D eigenvalue weighted by Gasteiger charge is -2.36. The number of carbonyl (C=O) groups excluding carboxylic acids is 3. The Morgan fingerprint density at radius 1 is 1.11 bits per heavy atom. The lowest BCUT2D eigenvalue weighted by molar-refractivity contribution is -0.136. The molecular formula is C25H24FN5O4. The van der Waals surface area contributed by atoms with Crippen LogP contribution in [-0.4, -0.2) is 64.8 Å². The number of piperazine rings is 1. The number of nitrogens with one attached hydrogen (secondary N) is 1. The van der Waals surface area contributed by atoms with E-state index in [1.807, 2.05) is 11.0 Å². The second-order valence-electron chi connectivity index (χ2n) is 9.09. The lowest BCUT2D eigenvalue weighted by Crippen LogP contribution is -2.52. The molecule has 1 atom stereocenters. The highest BCUT2D eigenvalue weighted by atomic mass is 19.1. The van der Waals surface area contributed by atoms with Gasteiger partial charge in [-0.2, -0.15) is 5.26 Å². The van der Waals surface area contributed by atoms with Gasteiger partial charge in [0.05, 0.1) is 11.3 Å².